The van der Waals surface area contributed by atoms with Crippen LogP contribution < -0.4 is 9.80 Å². The van der Waals surface area contributed by atoms with Crippen LogP contribution in [0.3, 0.4) is 0 Å². The fourth-order valence-electron chi connectivity index (χ4n) is 4.25. The monoisotopic (exact) mass is 470 g/mol. The highest BCUT2D eigenvalue weighted by molar-refractivity contribution is 5.95. The fourth-order valence-corrected chi connectivity index (χ4v) is 4.25. The molecule has 4 rings (SSSR count). The van der Waals surface area contributed by atoms with Crippen molar-refractivity contribution in [3.8, 4) is 0 Å². The van der Waals surface area contributed by atoms with E-state index < -0.39 is 0 Å². The standard InChI is InChI=1S/C34H34N2/c1-25(21-23-27(3)35(5)33-19-11-15-29-13-7-9-17-31(29)33)26(2)22-24-28(4)36(6)34-20-12-16-30-14-8-10-18-32(30)34/h7-24H,1,3H2,2,4-6H3/b23-21-,26-22+,28-24+. The summed E-state index contributed by atoms with van der Waals surface area (Å²) in [6.07, 6.45) is 8.33. The second-order valence-electron chi connectivity index (χ2n) is 9.12. The third kappa shape index (κ3) is 5.34. The molecule has 4 aromatic rings. The van der Waals surface area contributed by atoms with Crippen LogP contribution in [0.25, 0.3) is 21.5 Å². The van der Waals surface area contributed by atoms with E-state index in [0.717, 1.165) is 28.2 Å². The summed E-state index contributed by atoms with van der Waals surface area (Å²) in [4.78, 5) is 4.35. The average molecular weight is 471 g/mol. The van der Waals surface area contributed by atoms with E-state index in [9.17, 15) is 0 Å². The molecule has 0 aliphatic rings. The van der Waals surface area contributed by atoms with Crippen molar-refractivity contribution in [1.29, 1.82) is 0 Å². The minimum atomic E-state index is 0.905. The van der Waals surface area contributed by atoms with Crippen molar-refractivity contribution in [2.24, 2.45) is 0 Å². The van der Waals surface area contributed by atoms with Gasteiger partial charge in [-0.1, -0.05) is 98.1 Å². The molecule has 0 saturated heterocycles. The lowest BCUT2D eigenvalue weighted by atomic mass is 10.1. The van der Waals surface area contributed by atoms with Crippen molar-refractivity contribution in [3.05, 3.63) is 145 Å². The number of fused-ring (bicyclic) bond motifs is 2. The largest absolute Gasteiger partial charge is 0.348 e. The lowest BCUT2D eigenvalue weighted by molar-refractivity contribution is 1.10. The Balaban J connectivity index is 1.46. The molecule has 2 nitrogen and oxygen atoms in total. The average Bonchev–Trinajstić information content (AvgIpc) is 2.92. The zero-order valence-electron chi connectivity index (χ0n) is 21.7. The Kier molecular flexibility index (Phi) is 7.56. The molecule has 0 radical (unpaired) electrons. The number of rotatable bonds is 8. The first-order valence-electron chi connectivity index (χ1n) is 12.2. The summed E-state index contributed by atoms with van der Waals surface area (Å²) in [6, 6.07) is 29.7. The lowest BCUT2D eigenvalue weighted by Gasteiger charge is -2.22. The van der Waals surface area contributed by atoms with Crippen LogP contribution in [-0.4, -0.2) is 14.1 Å². The van der Waals surface area contributed by atoms with Crippen LogP contribution in [0.2, 0.25) is 0 Å². The Morgan fingerprint density at radius 3 is 1.69 bits per heavy atom. The van der Waals surface area contributed by atoms with Gasteiger partial charge in [-0.05, 0) is 60.1 Å². The topological polar surface area (TPSA) is 6.48 Å². The Hall–Kier alpha value is -4.30. The van der Waals surface area contributed by atoms with Gasteiger partial charge < -0.3 is 9.80 Å². The molecule has 0 amide bonds. The minimum absolute atomic E-state index is 0.905. The molecule has 0 spiro atoms. The normalized spacial score (nSPS) is 12.3. The molecule has 180 valence electrons. The Morgan fingerprint density at radius 2 is 1.11 bits per heavy atom. The number of hydrogen-bond acceptors (Lipinski definition) is 2. The van der Waals surface area contributed by atoms with Gasteiger partial charge in [-0.15, -0.1) is 0 Å². The van der Waals surface area contributed by atoms with E-state index in [1.54, 1.807) is 0 Å². The van der Waals surface area contributed by atoms with Crippen LogP contribution in [-0.2, 0) is 0 Å². The van der Waals surface area contributed by atoms with Crippen LogP contribution in [0.4, 0.5) is 11.4 Å². The molecule has 0 saturated carbocycles. The van der Waals surface area contributed by atoms with Crippen LogP contribution in [0.1, 0.15) is 13.8 Å². The molecule has 2 heteroatoms. The van der Waals surface area contributed by atoms with Gasteiger partial charge in [0.25, 0.3) is 0 Å². The summed E-state index contributed by atoms with van der Waals surface area (Å²) in [5, 5.41) is 4.92. The minimum Gasteiger partial charge on any atom is -0.348 e. The van der Waals surface area contributed by atoms with E-state index in [2.05, 4.69) is 148 Å². The van der Waals surface area contributed by atoms with Crippen molar-refractivity contribution in [1.82, 2.24) is 0 Å². The number of anilines is 2. The van der Waals surface area contributed by atoms with Gasteiger partial charge in [0.15, 0.2) is 0 Å². The van der Waals surface area contributed by atoms with Gasteiger partial charge in [-0.3, -0.25) is 0 Å². The van der Waals surface area contributed by atoms with E-state index in [0.29, 0.717) is 0 Å². The van der Waals surface area contributed by atoms with Crippen molar-refractivity contribution in [3.63, 3.8) is 0 Å². The first kappa shape index (κ1) is 24.8. The highest BCUT2D eigenvalue weighted by Crippen LogP contribution is 2.29. The second kappa shape index (κ2) is 11.0. The number of benzene rings is 4. The molecule has 0 atom stereocenters. The fraction of sp³-hybridized carbons (Fsp3) is 0.118. The van der Waals surface area contributed by atoms with Gasteiger partial charge in [0, 0.05) is 47.6 Å². The van der Waals surface area contributed by atoms with Crippen molar-refractivity contribution in [2.75, 3.05) is 23.9 Å². The molecule has 0 aromatic heterocycles. The van der Waals surface area contributed by atoms with Gasteiger partial charge in [0.2, 0.25) is 0 Å². The van der Waals surface area contributed by atoms with Crippen LogP contribution in [0.15, 0.2) is 145 Å². The third-order valence-corrected chi connectivity index (χ3v) is 6.77. The molecule has 4 aromatic carbocycles. The van der Waals surface area contributed by atoms with Crippen molar-refractivity contribution in [2.45, 2.75) is 13.8 Å². The maximum absolute atomic E-state index is 4.28. The first-order chi connectivity index (χ1) is 17.4. The SMILES string of the molecule is C=C(/C=C\C(=C)N(C)c1cccc2ccccc12)/C(C)=C/C=C(\C)N(C)c1cccc2ccccc12. The zero-order chi connectivity index (χ0) is 25.7. The quantitative estimate of drug-likeness (QED) is 0.237. The van der Waals surface area contributed by atoms with Gasteiger partial charge in [-0.2, -0.15) is 0 Å². The molecule has 0 fully saturated rings. The van der Waals surface area contributed by atoms with E-state index in [1.807, 2.05) is 12.2 Å². The second-order valence-corrected chi connectivity index (χ2v) is 9.12. The molecule has 0 bridgehead atoms. The predicted octanol–water partition coefficient (Wildman–Crippen LogP) is 9.04. The van der Waals surface area contributed by atoms with Crippen molar-refractivity contribution < 1.29 is 0 Å². The van der Waals surface area contributed by atoms with Crippen molar-refractivity contribution >= 4 is 32.9 Å². The summed E-state index contributed by atoms with van der Waals surface area (Å²) in [7, 11) is 4.16. The van der Waals surface area contributed by atoms with E-state index in [1.165, 1.54) is 27.2 Å². The Labute approximate surface area is 215 Å². The first-order valence-corrected chi connectivity index (χ1v) is 12.2. The maximum atomic E-state index is 4.28. The summed E-state index contributed by atoms with van der Waals surface area (Å²) in [6.45, 7) is 12.8. The predicted molar refractivity (Wildman–Crippen MR) is 160 cm³/mol. The summed E-state index contributed by atoms with van der Waals surface area (Å²) >= 11 is 0. The number of nitrogens with zero attached hydrogens (tertiary/aromatic N) is 2. The molecule has 0 N–H and O–H groups in total. The third-order valence-electron chi connectivity index (χ3n) is 6.77. The summed E-state index contributed by atoms with van der Waals surface area (Å²) in [5.41, 5.74) is 6.46. The van der Waals surface area contributed by atoms with Crippen LogP contribution >= 0.6 is 0 Å². The van der Waals surface area contributed by atoms with E-state index in [-0.39, 0.29) is 0 Å². The summed E-state index contributed by atoms with van der Waals surface area (Å²) in [5.74, 6) is 0. The van der Waals surface area contributed by atoms with E-state index in [4.69, 9.17) is 0 Å². The Morgan fingerprint density at radius 1 is 0.611 bits per heavy atom. The summed E-state index contributed by atoms with van der Waals surface area (Å²) < 4.78 is 0. The highest BCUT2D eigenvalue weighted by Gasteiger charge is 2.08. The number of likely N-dealkylation sites (N-methyl/N-ethyl adjacent to an activating group) is 1. The highest BCUT2D eigenvalue weighted by atomic mass is 15.1. The van der Waals surface area contributed by atoms with Gasteiger partial charge in [0.1, 0.15) is 0 Å². The number of allylic oxidation sites excluding steroid dienone is 7. The van der Waals surface area contributed by atoms with Crippen LogP contribution in [0.5, 0.6) is 0 Å². The zero-order valence-corrected chi connectivity index (χ0v) is 21.7. The molecule has 0 aliphatic carbocycles. The van der Waals surface area contributed by atoms with Gasteiger partial charge in [-0.25, -0.2) is 0 Å². The molecular weight excluding hydrogens is 436 g/mol. The number of hydrogen-bond donors (Lipinski definition) is 0. The molecular formula is C34H34N2. The molecule has 0 aliphatic heterocycles. The van der Waals surface area contributed by atoms with Gasteiger partial charge >= 0.3 is 0 Å². The van der Waals surface area contributed by atoms with Gasteiger partial charge in [0.05, 0.1) is 0 Å². The Bertz CT molecular complexity index is 1510. The molecule has 0 unspecified atom stereocenters. The smallest absolute Gasteiger partial charge is 0.0487 e. The lowest BCUT2D eigenvalue weighted by Crippen LogP contribution is -2.14. The molecule has 36 heavy (non-hydrogen) atoms. The van der Waals surface area contributed by atoms with Crippen LogP contribution in [0, 0.1) is 0 Å². The molecule has 0 heterocycles. The van der Waals surface area contributed by atoms with E-state index >= 15 is 0 Å². The maximum Gasteiger partial charge on any atom is 0.0487 e.